The summed E-state index contributed by atoms with van der Waals surface area (Å²) in [5.41, 5.74) is 2.14. The number of nitrogens with one attached hydrogen (secondary N) is 2. The van der Waals surface area contributed by atoms with E-state index in [1.54, 1.807) is 18.3 Å². The van der Waals surface area contributed by atoms with E-state index in [0.717, 1.165) is 24.1 Å². The van der Waals surface area contributed by atoms with Crippen LogP contribution in [0.1, 0.15) is 28.9 Å². The Balaban J connectivity index is 1.75. The minimum Gasteiger partial charge on any atom is -0.348 e. The Bertz CT molecular complexity index is 685. The molecule has 0 saturated heterocycles. The molecule has 1 amide bonds. The zero-order valence-electron chi connectivity index (χ0n) is 11.6. The number of hydrogen-bond donors (Lipinski definition) is 2. The molecule has 108 valence electrons. The molecule has 1 heterocycles. The zero-order valence-corrected chi connectivity index (χ0v) is 12.3. The molecule has 5 nitrogen and oxygen atoms in total. The summed E-state index contributed by atoms with van der Waals surface area (Å²) in [6.45, 7) is 1.94. The Hall–Kier alpha value is -2.14. The summed E-state index contributed by atoms with van der Waals surface area (Å²) >= 11 is 6.08. The second-order valence-corrected chi connectivity index (χ2v) is 5.51. The topological polar surface area (TPSA) is 66.9 Å². The highest BCUT2D eigenvalue weighted by Gasteiger charge is 2.24. The van der Waals surface area contributed by atoms with Gasteiger partial charge in [-0.1, -0.05) is 17.7 Å². The molecule has 0 aliphatic heterocycles. The first-order chi connectivity index (χ1) is 10.1. The summed E-state index contributed by atoms with van der Waals surface area (Å²) in [4.78, 5) is 20.3. The first-order valence-corrected chi connectivity index (χ1v) is 7.17. The molecule has 1 aliphatic rings. The second-order valence-electron chi connectivity index (χ2n) is 5.10. The van der Waals surface area contributed by atoms with Crippen molar-refractivity contribution in [3.8, 4) is 0 Å². The van der Waals surface area contributed by atoms with Crippen LogP contribution in [0.5, 0.6) is 0 Å². The van der Waals surface area contributed by atoms with Gasteiger partial charge in [-0.05, 0) is 43.5 Å². The van der Waals surface area contributed by atoms with Crippen molar-refractivity contribution in [2.24, 2.45) is 0 Å². The number of anilines is 2. The number of nitrogens with zero attached hydrogens (tertiary/aromatic N) is 2. The third-order valence-corrected chi connectivity index (χ3v) is 3.64. The molecule has 1 aromatic carbocycles. The van der Waals surface area contributed by atoms with Crippen molar-refractivity contribution in [2.75, 3.05) is 5.32 Å². The molecule has 2 aromatic rings. The van der Waals surface area contributed by atoms with Crippen molar-refractivity contribution in [1.82, 2.24) is 15.3 Å². The van der Waals surface area contributed by atoms with E-state index in [2.05, 4.69) is 20.6 Å². The molecule has 0 atom stereocenters. The average Bonchev–Trinajstić information content (AvgIpc) is 3.27. The van der Waals surface area contributed by atoms with Gasteiger partial charge in [0.15, 0.2) is 0 Å². The Labute approximate surface area is 127 Å². The number of benzene rings is 1. The molecule has 0 radical (unpaired) electrons. The number of halogens is 1. The maximum atomic E-state index is 11.9. The van der Waals surface area contributed by atoms with Gasteiger partial charge in [0, 0.05) is 22.9 Å². The number of amides is 1. The first kappa shape index (κ1) is 13.8. The van der Waals surface area contributed by atoms with Crippen LogP contribution in [0.25, 0.3) is 0 Å². The number of rotatable bonds is 4. The Morgan fingerprint density at radius 2 is 2.14 bits per heavy atom. The molecule has 1 saturated carbocycles. The largest absolute Gasteiger partial charge is 0.348 e. The van der Waals surface area contributed by atoms with Gasteiger partial charge in [-0.25, -0.2) is 9.97 Å². The van der Waals surface area contributed by atoms with Crippen LogP contribution in [0, 0.1) is 6.92 Å². The van der Waals surface area contributed by atoms with Gasteiger partial charge < -0.3 is 10.6 Å². The molecule has 0 spiro atoms. The fourth-order valence-electron chi connectivity index (χ4n) is 1.83. The lowest BCUT2D eigenvalue weighted by Crippen LogP contribution is -2.26. The van der Waals surface area contributed by atoms with Crippen LogP contribution >= 0.6 is 11.6 Å². The van der Waals surface area contributed by atoms with E-state index in [9.17, 15) is 4.79 Å². The first-order valence-electron chi connectivity index (χ1n) is 6.79. The van der Waals surface area contributed by atoms with E-state index < -0.39 is 0 Å². The van der Waals surface area contributed by atoms with Crippen LogP contribution in [-0.2, 0) is 0 Å². The average molecular weight is 303 g/mol. The Kier molecular flexibility index (Phi) is 3.75. The van der Waals surface area contributed by atoms with E-state index in [4.69, 9.17) is 11.6 Å². The minimum atomic E-state index is -0.162. The van der Waals surface area contributed by atoms with E-state index in [1.807, 2.05) is 19.1 Å². The van der Waals surface area contributed by atoms with Crippen molar-refractivity contribution in [3.63, 3.8) is 0 Å². The van der Waals surface area contributed by atoms with Crippen molar-refractivity contribution in [1.29, 1.82) is 0 Å². The number of hydrogen-bond acceptors (Lipinski definition) is 4. The van der Waals surface area contributed by atoms with Crippen molar-refractivity contribution in [3.05, 3.63) is 46.7 Å². The number of carbonyl (C=O) groups is 1. The predicted molar refractivity (Wildman–Crippen MR) is 82.0 cm³/mol. The summed E-state index contributed by atoms with van der Waals surface area (Å²) in [5.74, 6) is 0.211. The maximum Gasteiger partial charge on any atom is 0.270 e. The van der Waals surface area contributed by atoms with Gasteiger partial charge >= 0.3 is 0 Å². The van der Waals surface area contributed by atoms with Gasteiger partial charge in [0.25, 0.3) is 5.91 Å². The van der Waals surface area contributed by atoms with E-state index in [0.29, 0.717) is 22.7 Å². The van der Waals surface area contributed by atoms with Gasteiger partial charge in [-0.15, -0.1) is 0 Å². The Morgan fingerprint density at radius 1 is 1.33 bits per heavy atom. The van der Waals surface area contributed by atoms with Crippen molar-refractivity contribution in [2.45, 2.75) is 25.8 Å². The molecular formula is C15H15ClN4O. The fraction of sp³-hybridized carbons (Fsp3) is 0.267. The summed E-state index contributed by atoms with van der Waals surface area (Å²) in [6, 6.07) is 7.51. The highest BCUT2D eigenvalue weighted by atomic mass is 35.5. The lowest BCUT2D eigenvalue weighted by molar-refractivity contribution is 0.0946. The van der Waals surface area contributed by atoms with E-state index >= 15 is 0 Å². The molecule has 1 fully saturated rings. The van der Waals surface area contributed by atoms with Crippen LogP contribution in [0.3, 0.4) is 0 Å². The van der Waals surface area contributed by atoms with Crippen molar-refractivity contribution >= 4 is 29.1 Å². The normalized spacial score (nSPS) is 13.8. The van der Waals surface area contributed by atoms with Crippen LogP contribution in [0.2, 0.25) is 5.02 Å². The SMILES string of the molecule is Cc1ccc(Nc2nccc(C(=O)NC3CC3)n2)cc1Cl. The van der Waals surface area contributed by atoms with Crippen molar-refractivity contribution < 1.29 is 4.79 Å². The zero-order chi connectivity index (χ0) is 14.8. The van der Waals surface area contributed by atoms with Gasteiger partial charge in [-0.2, -0.15) is 0 Å². The second kappa shape index (κ2) is 5.69. The molecule has 6 heteroatoms. The number of aromatic nitrogens is 2. The fourth-order valence-corrected chi connectivity index (χ4v) is 2.01. The van der Waals surface area contributed by atoms with Crippen LogP contribution < -0.4 is 10.6 Å². The van der Waals surface area contributed by atoms with Gasteiger partial charge in [0.1, 0.15) is 5.69 Å². The monoisotopic (exact) mass is 302 g/mol. The summed E-state index contributed by atoms with van der Waals surface area (Å²) < 4.78 is 0. The maximum absolute atomic E-state index is 11.9. The Morgan fingerprint density at radius 3 is 2.86 bits per heavy atom. The summed E-state index contributed by atoms with van der Waals surface area (Å²) in [7, 11) is 0. The van der Waals surface area contributed by atoms with E-state index in [-0.39, 0.29) is 5.91 Å². The predicted octanol–water partition coefficient (Wildman–Crippen LogP) is 3.07. The third-order valence-electron chi connectivity index (χ3n) is 3.23. The molecule has 1 aromatic heterocycles. The van der Waals surface area contributed by atoms with Crippen LogP contribution in [-0.4, -0.2) is 21.9 Å². The molecular weight excluding hydrogens is 288 g/mol. The highest BCUT2D eigenvalue weighted by molar-refractivity contribution is 6.31. The van der Waals surface area contributed by atoms with Gasteiger partial charge in [-0.3, -0.25) is 4.79 Å². The molecule has 21 heavy (non-hydrogen) atoms. The summed E-state index contributed by atoms with van der Waals surface area (Å²) in [5, 5.41) is 6.62. The van der Waals surface area contributed by atoms with E-state index in [1.165, 1.54) is 0 Å². The molecule has 2 N–H and O–H groups in total. The minimum absolute atomic E-state index is 0.162. The molecule has 3 rings (SSSR count). The third kappa shape index (κ3) is 3.49. The lowest BCUT2D eigenvalue weighted by atomic mass is 10.2. The number of aryl methyl sites for hydroxylation is 1. The summed E-state index contributed by atoms with van der Waals surface area (Å²) in [6.07, 6.45) is 3.65. The molecule has 0 unspecified atom stereocenters. The van der Waals surface area contributed by atoms with Crippen LogP contribution in [0.15, 0.2) is 30.5 Å². The van der Waals surface area contributed by atoms with Gasteiger partial charge in [0.05, 0.1) is 0 Å². The van der Waals surface area contributed by atoms with Crippen LogP contribution in [0.4, 0.5) is 11.6 Å². The molecule has 1 aliphatic carbocycles. The van der Waals surface area contributed by atoms with Gasteiger partial charge in [0.2, 0.25) is 5.95 Å². The smallest absolute Gasteiger partial charge is 0.270 e. The number of carbonyl (C=O) groups excluding carboxylic acids is 1. The molecule has 0 bridgehead atoms. The highest BCUT2D eigenvalue weighted by Crippen LogP contribution is 2.22. The quantitative estimate of drug-likeness (QED) is 0.911. The lowest BCUT2D eigenvalue weighted by Gasteiger charge is -2.08. The standard InChI is InChI=1S/C15H15ClN4O/c1-9-2-3-11(8-12(9)16)19-15-17-7-6-13(20-15)14(21)18-10-4-5-10/h2-3,6-8,10H,4-5H2,1H3,(H,18,21)(H,17,19,20).